The van der Waals surface area contributed by atoms with Gasteiger partial charge >= 0.3 is 0 Å². The Morgan fingerprint density at radius 3 is 2.89 bits per heavy atom. The molecule has 0 aliphatic rings. The Kier molecular flexibility index (Phi) is 5.87. The number of hydrogen-bond donors (Lipinski definition) is 1. The van der Waals surface area contributed by atoms with E-state index in [-0.39, 0.29) is 5.69 Å². The highest BCUT2D eigenvalue weighted by molar-refractivity contribution is 9.10. The first-order valence-corrected chi connectivity index (χ1v) is 7.61. The number of nitrogens with one attached hydrogen (secondary N) is 1. The summed E-state index contributed by atoms with van der Waals surface area (Å²) < 4.78 is 0.661. The Morgan fingerprint density at radius 1 is 1.67 bits per heavy atom. The molecule has 1 N–H and O–H groups in total. The molecular weight excluding hydrogens is 318 g/mol. The monoisotopic (exact) mass is 333 g/mol. The van der Waals surface area contributed by atoms with E-state index >= 15 is 0 Å². The molecule has 0 aromatic carbocycles. The quantitative estimate of drug-likeness (QED) is 0.636. The van der Waals surface area contributed by atoms with Crippen LogP contribution < -0.4 is 5.32 Å². The van der Waals surface area contributed by atoms with E-state index in [1.165, 1.54) is 6.20 Å². The lowest BCUT2D eigenvalue weighted by Crippen LogP contribution is -2.10. The van der Waals surface area contributed by atoms with E-state index in [2.05, 4.69) is 39.4 Å². The first-order chi connectivity index (χ1) is 8.47. The largest absolute Gasteiger partial charge is 0.369 e. The fraction of sp³-hybridized carbons (Fsp3) is 0.545. The van der Waals surface area contributed by atoms with Gasteiger partial charge < -0.3 is 5.32 Å². The number of anilines is 1. The van der Waals surface area contributed by atoms with E-state index in [1.54, 1.807) is 6.92 Å². The number of halogens is 1. The van der Waals surface area contributed by atoms with E-state index in [9.17, 15) is 10.1 Å². The van der Waals surface area contributed by atoms with Gasteiger partial charge in [-0.05, 0) is 35.5 Å². The molecule has 18 heavy (non-hydrogen) atoms. The summed E-state index contributed by atoms with van der Waals surface area (Å²) in [6, 6.07) is 0. The third-order valence-electron chi connectivity index (χ3n) is 2.68. The standard InChI is InChI=1S/C11H16BrN3O2S/c1-7(18-3)4-5-13-11-10(12)8(2)9(6-14-11)15(16)17/h6-7H,4-5H2,1-3H3,(H,13,14). The second-order valence-corrected chi connectivity index (χ2v) is 6.02. The minimum absolute atomic E-state index is 0.0323. The van der Waals surface area contributed by atoms with Crippen molar-refractivity contribution in [3.63, 3.8) is 0 Å². The molecule has 0 aliphatic carbocycles. The van der Waals surface area contributed by atoms with Crippen LogP contribution in [0.4, 0.5) is 11.5 Å². The first kappa shape index (κ1) is 15.2. The number of nitro groups is 1. The smallest absolute Gasteiger partial charge is 0.291 e. The van der Waals surface area contributed by atoms with Gasteiger partial charge in [0.25, 0.3) is 5.69 Å². The number of nitrogens with zero attached hydrogens (tertiary/aromatic N) is 2. The SMILES string of the molecule is CSC(C)CCNc1ncc([N+](=O)[O-])c(C)c1Br. The minimum Gasteiger partial charge on any atom is -0.369 e. The van der Waals surface area contributed by atoms with Gasteiger partial charge in [0.15, 0.2) is 0 Å². The topological polar surface area (TPSA) is 68.1 Å². The average molecular weight is 334 g/mol. The number of aromatic nitrogens is 1. The van der Waals surface area contributed by atoms with Gasteiger partial charge in [-0.15, -0.1) is 0 Å². The number of pyridine rings is 1. The van der Waals surface area contributed by atoms with E-state index in [0.29, 0.717) is 21.1 Å². The molecule has 1 rings (SSSR count). The van der Waals surface area contributed by atoms with Crippen molar-refractivity contribution in [1.82, 2.24) is 4.98 Å². The molecule has 0 fully saturated rings. The van der Waals surface area contributed by atoms with Crippen LogP contribution in [0.1, 0.15) is 18.9 Å². The molecule has 1 aromatic rings. The third-order valence-corrected chi connectivity index (χ3v) is 4.69. The summed E-state index contributed by atoms with van der Waals surface area (Å²) in [5.41, 5.74) is 0.625. The summed E-state index contributed by atoms with van der Waals surface area (Å²) in [5.74, 6) is 0.659. The zero-order valence-electron chi connectivity index (χ0n) is 10.6. The van der Waals surface area contributed by atoms with Gasteiger partial charge in [0.1, 0.15) is 12.0 Å². The second kappa shape index (κ2) is 6.94. The Hall–Kier alpha value is -0.820. The van der Waals surface area contributed by atoms with Crippen molar-refractivity contribution in [3.05, 3.63) is 26.3 Å². The van der Waals surface area contributed by atoms with Gasteiger partial charge in [0.2, 0.25) is 0 Å². The molecule has 0 spiro atoms. The summed E-state index contributed by atoms with van der Waals surface area (Å²) in [5, 5.41) is 14.5. The zero-order valence-corrected chi connectivity index (χ0v) is 13.0. The maximum absolute atomic E-state index is 10.7. The van der Waals surface area contributed by atoms with E-state index in [1.807, 2.05) is 11.8 Å². The van der Waals surface area contributed by atoms with Crippen LogP contribution in [0.5, 0.6) is 0 Å². The molecule has 0 aliphatic heterocycles. The van der Waals surface area contributed by atoms with Gasteiger partial charge in [-0.25, -0.2) is 4.98 Å². The van der Waals surface area contributed by atoms with Crippen molar-refractivity contribution in [2.24, 2.45) is 0 Å². The molecular formula is C11H16BrN3O2S. The summed E-state index contributed by atoms with van der Waals surface area (Å²) in [7, 11) is 0. The number of hydrogen-bond acceptors (Lipinski definition) is 5. The lowest BCUT2D eigenvalue weighted by atomic mass is 10.2. The molecule has 1 aromatic heterocycles. The molecule has 0 saturated heterocycles. The normalized spacial score (nSPS) is 12.2. The predicted octanol–water partition coefficient (Wildman–Crippen LogP) is 3.61. The van der Waals surface area contributed by atoms with Crippen LogP contribution in [-0.4, -0.2) is 28.0 Å². The molecule has 0 radical (unpaired) electrons. The summed E-state index contributed by atoms with van der Waals surface area (Å²) in [6.45, 7) is 4.67. The second-order valence-electron chi connectivity index (χ2n) is 3.95. The molecule has 0 bridgehead atoms. The molecule has 100 valence electrons. The summed E-state index contributed by atoms with van der Waals surface area (Å²) in [6.07, 6.45) is 4.39. The van der Waals surface area contributed by atoms with E-state index in [0.717, 1.165) is 13.0 Å². The molecule has 5 nitrogen and oxygen atoms in total. The predicted molar refractivity (Wildman–Crippen MR) is 79.4 cm³/mol. The Bertz CT molecular complexity index is 443. The highest BCUT2D eigenvalue weighted by Gasteiger charge is 2.16. The molecule has 7 heteroatoms. The molecule has 1 unspecified atom stereocenters. The van der Waals surface area contributed by atoms with Gasteiger partial charge in [-0.3, -0.25) is 10.1 Å². The Labute approximate surface area is 119 Å². The minimum atomic E-state index is -0.424. The zero-order chi connectivity index (χ0) is 13.7. The van der Waals surface area contributed by atoms with Crippen LogP contribution in [0.15, 0.2) is 10.7 Å². The highest BCUT2D eigenvalue weighted by atomic mass is 79.9. The maximum atomic E-state index is 10.7. The van der Waals surface area contributed by atoms with Crippen molar-refractivity contribution >= 4 is 39.2 Å². The van der Waals surface area contributed by atoms with Crippen LogP contribution in [-0.2, 0) is 0 Å². The third kappa shape index (κ3) is 3.84. The lowest BCUT2D eigenvalue weighted by molar-refractivity contribution is -0.385. The Morgan fingerprint density at radius 2 is 2.33 bits per heavy atom. The summed E-state index contributed by atoms with van der Waals surface area (Å²) >= 11 is 5.16. The van der Waals surface area contributed by atoms with Crippen LogP contribution in [0.25, 0.3) is 0 Å². The molecule has 1 heterocycles. The highest BCUT2D eigenvalue weighted by Crippen LogP contribution is 2.30. The first-order valence-electron chi connectivity index (χ1n) is 5.53. The maximum Gasteiger partial charge on any atom is 0.291 e. The van der Waals surface area contributed by atoms with Gasteiger partial charge in [-0.1, -0.05) is 6.92 Å². The Balaban J connectivity index is 2.74. The van der Waals surface area contributed by atoms with Crippen molar-refractivity contribution in [3.8, 4) is 0 Å². The van der Waals surface area contributed by atoms with Crippen LogP contribution in [0.3, 0.4) is 0 Å². The van der Waals surface area contributed by atoms with E-state index in [4.69, 9.17) is 0 Å². The van der Waals surface area contributed by atoms with Gasteiger partial charge in [0, 0.05) is 17.4 Å². The number of rotatable bonds is 6. The molecule has 0 amide bonds. The van der Waals surface area contributed by atoms with Crippen molar-refractivity contribution in [2.45, 2.75) is 25.5 Å². The van der Waals surface area contributed by atoms with Crippen molar-refractivity contribution in [1.29, 1.82) is 0 Å². The van der Waals surface area contributed by atoms with E-state index < -0.39 is 4.92 Å². The fourth-order valence-corrected chi connectivity index (χ4v) is 2.19. The van der Waals surface area contributed by atoms with Gasteiger partial charge in [0.05, 0.1) is 9.40 Å². The molecule has 0 saturated carbocycles. The van der Waals surface area contributed by atoms with Crippen LogP contribution in [0.2, 0.25) is 0 Å². The lowest BCUT2D eigenvalue weighted by Gasteiger charge is -2.11. The fourth-order valence-electron chi connectivity index (χ4n) is 1.39. The van der Waals surface area contributed by atoms with Crippen molar-refractivity contribution < 1.29 is 4.92 Å². The van der Waals surface area contributed by atoms with Crippen LogP contribution >= 0.6 is 27.7 Å². The van der Waals surface area contributed by atoms with Gasteiger partial charge in [-0.2, -0.15) is 11.8 Å². The van der Waals surface area contributed by atoms with Crippen molar-refractivity contribution in [2.75, 3.05) is 18.1 Å². The molecule has 1 atom stereocenters. The average Bonchev–Trinajstić information content (AvgIpc) is 2.33. The summed E-state index contributed by atoms with van der Waals surface area (Å²) in [4.78, 5) is 14.4. The number of thioether (sulfide) groups is 1. The van der Waals surface area contributed by atoms with Crippen LogP contribution in [0, 0.1) is 17.0 Å².